The molecule has 14 nitrogen and oxygen atoms in total. The maximum atomic E-state index is 13.4. The average Bonchev–Trinajstić information content (AvgIpc) is 3.73. The summed E-state index contributed by atoms with van der Waals surface area (Å²) in [7, 11) is 1.74. The zero-order chi connectivity index (χ0) is 42.7. The monoisotopic (exact) mass is 836 g/mol. The van der Waals surface area contributed by atoms with Crippen molar-refractivity contribution in [3.8, 4) is 33.7 Å². The number of hydroxylamine groups is 1. The molecule has 310 valence electrons. The Bertz CT molecular complexity index is 3060. The first-order valence-corrected chi connectivity index (χ1v) is 21.6. The van der Waals surface area contributed by atoms with Gasteiger partial charge in [-0.3, -0.25) is 9.48 Å². The zero-order valence-corrected chi connectivity index (χ0v) is 35.4. The van der Waals surface area contributed by atoms with Crippen molar-refractivity contribution in [3.63, 3.8) is 0 Å². The van der Waals surface area contributed by atoms with Gasteiger partial charge in [0.2, 0.25) is 0 Å². The minimum Gasteiger partial charge on any atom is -0.456 e. The lowest BCUT2D eigenvalue weighted by Gasteiger charge is -2.19. The van der Waals surface area contributed by atoms with Gasteiger partial charge in [-0.2, -0.15) is 8.42 Å². The van der Waals surface area contributed by atoms with Gasteiger partial charge >= 0.3 is 10.1 Å². The number of nitrogens with zero attached hydrogens (tertiary/aromatic N) is 7. The van der Waals surface area contributed by atoms with Crippen LogP contribution in [0.1, 0.15) is 35.7 Å². The zero-order valence-electron chi connectivity index (χ0n) is 34.6. The summed E-state index contributed by atoms with van der Waals surface area (Å²) in [5.74, 6) is 1.02. The van der Waals surface area contributed by atoms with Crippen LogP contribution in [0.2, 0.25) is 0 Å². The van der Waals surface area contributed by atoms with E-state index in [1.807, 2.05) is 123 Å². The molecular formula is C46H46N9O5S+. The molecule has 6 aromatic rings. The van der Waals surface area contributed by atoms with Crippen molar-refractivity contribution in [1.29, 1.82) is 0 Å². The molecule has 0 spiro atoms. The van der Waals surface area contributed by atoms with E-state index in [1.165, 1.54) is 4.74 Å². The van der Waals surface area contributed by atoms with Gasteiger partial charge in [0.05, 0.1) is 23.5 Å². The second-order valence-corrected chi connectivity index (χ2v) is 16.7. The van der Waals surface area contributed by atoms with Gasteiger partial charge in [0.1, 0.15) is 29.2 Å². The van der Waals surface area contributed by atoms with Crippen LogP contribution in [0.25, 0.3) is 55.6 Å². The predicted molar refractivity (Wildman–Crippen MR) is 239 cm³/mol. The van der Waals surface area contributed by atoms with E-state index in [0.717, 1.165) is 67.0 Å². The lowest BCUT2D eigenvalue weighted by molar-refractivity contribution is 0.0952. The van der Waals surface area contributed by atoms with Crippen LogP contribution in [0, 0.1) is 6.92 Å². The van der Waals surface area contributed by atoms with E-state index < -0.39 is 10.1 Å². The van der Waals surface area contributed by atoms with Crippen molar-refractivity contribution in [3.05, 3.63) is 132 Å². The summed E-state index contributed by atoms with van der Waals surface area (Å²) in [5, 5.41) is 17.6. The lowest BCUT2D eigenvalue weighted by Crippen LogP contribution is -2.30. The molecule has 0 atom stereocenters. The second kappa shape index (κ2) is 17.2. The van der Waals surface area contributed by atoms with Crippen molar-refractivity contribution >= 4 is 55.1 Å². The van der Waals surface area contributed by atoms with Gasteiger partial charge in [0.25, 0.3) is 11.3 Å². The van der Waals surface area contributed by atoms with E-state index in [-0.39, 0.29) is 11.7 Å². The van der Waals surface area contributed by atoms with Crippen molar-refractivity contribution in [2.24, 2.45) is 0 Å². The van der Waals surface area contributed by atoms with Gasteiger partial charge in [-0.25, -0.2) is 9.97 Å². The molecular weight excluding hydrogens is 791 g/mol. The molecule has 4 aromatic carbocycles. The minimum absolute atomic E-state index is 0.0883. The number of hydrogen-bond donors (Lipinski definition) is 2. The maximum Gasteiger partial charge on any atom is 0.366 e. The van der Waals surface area contributed by atoms with Gasteiger partial charge in [-0.15, -0.1) is 9.38 Å². The summed E-state index contributed by atoms with van der Waals surface area (Å²) in [6, 6.07) is 33.0. The SMILES string of the molecule is CCCS(=O)(=O)O/[N+](C)=c1\ccc2c(-c3ccc(C(=O)NCCCn4cc(-c5cccc(Nc6ncnc7ccccc67)c5)nn4)cc3C)c3ccc(N(C)C)cc3oc-2c1. The van der Waals surface area contributed by atoms with Crippen LogP contribution in [-0.4, -0.2) is 72.7 Å². The fourth-order valence-electron chi connectivity index (χ4n) is 7.30. The quantitative estimate of drug-likeness (QED) is 0.0486. The molecule has 0 fully saturated rings. The van der Waals surface area contributed by atoms with Gasteiger partial charge in [-0.05, 0) is 90.2 Å². The van der Waals surface area contributed by atoms with Crippen LogP contribution >= 0.6 is 0 Å². The smallest absolute Gasteiger partial charge is 0.366 e. The van der Waals surface area contributed by atoms with Crippen LogP contribution in [0.5, 0.6) is 0 Å². The third kappa shape index (κ3) is 8.92. The summed E-state index contributed by atoms with van der Waals surface area (Å²) in [4.78, 5) is 24.2. The fourth-order valence-corrected chi connectivity index (χ4v) is 8.30. The van der Waals surface area contributed by atoms with E-state index in [0.29, 0.717) is 48.2 Å². The molecule has 2 N–H and O–H groups in total. The Balaban J connectivity index is 0.959. The van der Waals surface area contributed by atoms with E-state index in [4.69, 9.17) is 8.70 Å². The molecule has 1 amide bonds. The van der Waals surface area contributed by atoms with E-state index in [1.54, 1.807) is 37.1 Å². The van der Waals surface area contributed by atoms with Gasteiger partial charge in [0, 0.05) is 83.7 Å². The van der Waals surface area contributed by atoms with Crippen LogP contribution in [0.4, 0.5) is 17.2 Å². The highest BCUT2D eigenvalue weighted by Gasteiger charge is 2.23. The Morgan fingerprint density at radius 2 is 1.75 bits per heavy atom. The van der Waals surface area contributed by atoms with Crippen molar-refractivity contribution < 1.29 is 21.9 Å². The topological polar surface area (TPSA) is 160 Å². The van der Waals surface area contributed by atoms with E-state index in [9.17, 15) is 13.2 Å². The first-order chi connectivity index (χ1) is 29.5. The van der Waals surface area contributed by atoms with Crippen LogP contribution in [0.3, 0.4) is 0 Å². The Labute approximate surface area is 353 Å². The van der Waals surface area contributed by atoms with Gasteiger partial charge < -0.3 is 20.0 Å². The first-order valence-electron chi connectivity index (χ1n) is 20.0. The molecule has 0 unspecified atom stereocenters. The minimum atomic E-state index is -3.75. The van der Waals surface area contributed by atoms with Gasteiger partial charge in [0.15, 0.2) is 7.05 Å². The molecule has 15 heteroatoms. The van der Waals surface area contributed by atoms with Crippen molar-refractivity contribution in [1.82, 2.24) is 35.0 Å². The molecule has 2 aliphatic rings. The fraction of sp³-hybridized carbons (Fsp3) is 0.217. The molecule has 0 radical (unpaired) electrons. The number of aromatic nitrogens is 5. The molecule has 8 rings (SSSR count). The summed E-state index contributed by atoms with van der Waals surface area (Å²) in [6.45, 7) is 4.80. The second-order valence-electron chi connectivity index (χ2n) is 15.0. The Kier molecular flexibility index (Phi) is 11.5. The van der Waals surface area contributed by atoms with Crippen LogP contribution in [-0.2, 0) is 20.9 Å². The number of carbonyl (C=O) groups is 1. The molecule has 1 aliphatic carbocycles. The van der Waals surface area contributed by atoms with Crippen molar-refractivity contribution in [2.75, 3.05) is 43.7 Å². The number of nitrogens with one attached hydrogen (secondary N) is 2. The molecule has 1 aliphatic heterocycles. The third-order valence-electron chi connectivity index (χ3n) is 10.4. The third-order valence-corrected chi connectivity index (χ3v) is 11.7. The number of aryl methyl sites for hydroxylation is 2. The molecule has 0 bridgehead atoms. The number of fused-ring (bicyclic) bond motifs is 3. The number of benzene rings is 5. The van der Waals surface area contributed by atoms with Crippen molar-refractivity contribution in [2.45, 2.75) is 33.2 Å². The number of hydrogen-bond acceptors (Lipinski definition) is 11. The lowest BCUT2D eigenvalue weighted by atomic mass is 9.90. The number of carbonyl (C=O) groups excluding carboxylic acids is 1. The average molecular weight is 837 g/mol. The molecule has 61 heavy (non-hydrogen) atoms. The molecule has 0 saturated carbocycles. The van der Waals surface area contributed by atoms with Crippen LogP contribution in [0.15, 0.2) is 120 Å². The standard InChI is InChI=1S/C46H45N9O5S/c1-6-23-61(57,58)60-54(5)35-17-20-39-43(27-35)59-42-26-34(53(3)4)16-19-38(42)44(39)36-18-15-32(24-30(36)2)46(56)47-21-10-22-55-28-41(51-52-55)31-11-9-12-33(25-31)50-45-37-13-7-8-14-40(37)48-29-49-45/h7-9,11-20,24-29H,6,10,21-23H2,1-5H3,(H-,47,48,49,50,56)/p+1. The summed E-state index contributed by atoms with van der Waals surface area (Å²) >= 11 is 0. The summed E-state index contributed by atoms with van der Waals surface area (Å²) < 4.78 is 39.7. The van der Waals surface area contributed by atoms with E-state index in [2.05, 4.69) is 30.9 Å². The maximum absolute atomic E-state index is 13.4. The molecule has 0 saturated heterocycles. The molecule has 2 aromatic heterocycles. The van der Waals surface area contributed by atoms with E-state index >= 15 is 0 Å². The number of amides is 1. The number of rotatable bonds is 14. The largest absolute Gasteiger partial charge is 0.456 e. The first kappa shape index (κ1) is 40.6. The number of anilines is 3. The normalized spacial score (nSPS) is 12.1. The molecule has 3 heterocycles. The Morgan fingerprint density at radius 3 is 2.57 bits per heavy atom. The summed E-state index contributed by atoms with van der Waals surface area (Å²) in [6.07, 6.45) is 4.55. The number of para-hydroxylation sites is 1. The Morgan fingerprint density at radius 1 is 0.918 bits per heavy atom. The Hall–Kier alpha value is -7.13. The highest BCUT2D eigenvalue weighted by molar-refractivity contribution is 7.86. The highest BCUT2D eigenvalue weighted by Crippen LogP contribution is 2.42. The summed E-state index contributed by atoms with van der Waals surface area (Å²) in [5.41, 5.74) is 9.17. The predicted octanol–water partition coefficient (Wildman–Crippen LogP) is 7.42. The van der Waals surface area contributed by atoms with Gasteiger partial charge in [-0.1, -0.05) is 42.5 Å². The van der Waals surface area contributed by atoms with Crippen LogP contribution < -0.4 is 25.6 Å². The highest BCUT2D eigenvalue weighted by atomic mass is 32.2.